The van der Waals surface area contributed by atoms with Crippen LogP contribution in [0.5, 0.6) is 5.75 Å². The van der Waals surface area contributed by atoms with Crippen LogP contribution in [0.2, 0.25) is 0 Å². The summed E-state index contributed by atoms with van der Waals surface area (Å²) in [6, 6.07) is 18.7. The predicted molar refractivity (Wildman–Crippen MR) is 121 cm³/mol. The Labute approximate surface area is 181 Å². The Kier molecular flexibility index (Phi) is 7.19. The first-order valence-electron chi connectivity index (χ1n) is 11.0. The molecule has 3 rings (SSSR count). The van der Waals surface area contributed by atoms with Gasteiger partial charge in [0.2, 0.25) is 5.91 Å². The number of amides is 1. The average Bonchev–Trinajstić information content (AvgIpc) is 2.77. The van der Waals surface area contributed by atoms with Gasteiger partial charge in [-0.25, -0.2) is 0 Å². The number of carbonyl (C=O) groups excluding carboxylic acids is 1. The van der Waals surface area contributed by atoms with E-state index in [9.17, 15) is 4.79 Å². The second-order valence-electron chi connectivity index (χ2n) is 8.76. The minimum atomic E-state index is -0.140. The third-order valence-electron chi connectivity index (χ3n) is 6.72. The van der Waals surface area contributed by atoms with Gasteiger partial charge < -0.3 is 14.4 Å². The molecule has 0 radical (unpaired) electrons. The highest BCUT2D eigenvalue weighted by Crippen LogP contribution is 2.45. The van der Waals surface area contributed by atoms with Gasteiger partial charge in [0.25, 0.3) is 0 Å². The largest absolute Gasteiger partial charge is 0.497 e. The Bertz CT molecular complexity index is 820. The van der Waals surface area contributed by atoms with Crippen LogP contribution in [-0.2, 0) is 21.5 Å². The van der Waals surface area contributed by atoms with Gasteiger partial charge in [-0.2, -0.15) is 0 Å². The fraction of sp³-hybridized carbons (Fsp3) is 0.500. The second-order valence-corrected chi connectivity index (χ2v) is 8.76. The minimum absolute atomic E-state index is 0.0142. The van der Waals surface area contributed by atoms with Gasteiger partial charge in [0.15, 0.2) is 0 Å². The van der Waals surface area contributed by atoms with E-state index in [4.69, 9.17) is 9.47 Å². The van der Waals surface area contributed by atoms with E-state index in [2.05, 4.69) is 38.1 Å². The molecule has 4 nitrogen and oxygen atoms in total. The van der Waals surface area contributed by atoms with Gasteiger partial charge in [-0.15, -0.1) is 0 Å². The van der Waals surface area contributed by atoms with Crippen molar-refractivity contribution in [2.24, 2.45) is 0 Å². The van der Waals surface area contributed by atoms with Crippen molar-refractivity contribution >= 4 is 5.91 Å². The summed E-state index contributed by atoms with van der Waals surface area (Å²) in [5, 5.41) is 0. The molecule has 0 bridgehead atoms. The Morgan fingerprint density at radius 3 is 2.43 bits per heavy atom. The van der Waals surface area contributed by atoms with Crippen molar-refractivity contribution in [2.75, 3.05) is 20.3 Å². The molecule has 2 aromatic rings. The smallest absolute Gasteiger partial charge is 0.219 e. The van der Waals surface area contributed by atoms with E-state index in [0.29, 0.717) is 6.54 Å². The molecule has 0 unspecified atom stereocenters. The van der Waals surface area contributed by atoms with Crippen molar-refractivity contribution in [3.63, 3.8) is 0 Å². The highest BCUT2D eigenvalue weighted by Gasteiger charge is 2.43. The van der Waals surface area contributed by atoms with Crippen LogP contribution in [0.25, 0.3) is 0 Å². The first-order chi connectivity index (χ1) is 14.4. The maximum Gasteiger partial charge on any atom is 0.219 e. The third kappa shape index (κ3) is 5.23. The van der Waals surface area contributed by atoms with Gasteiger partial charge in [0, 0.05) is 32.0 Å². The molecule has 1 saturated heterocycles. The molecule has 0 aromatic heterocycles. The van der Waals surface area contributed by atoms with Crippen molar-refractivity contribution in [3.8, 4) is 5.75 Å². The van der Waals surface area contributed by atoms with Crippen LogP contribution in [0.15, 0.2) is 54.6 Å². The molecule has 1 aliphatic rings. The number of nitrogens with zero attached hydrogens (tertiary/aromatic N) is 1. The molecule has 30 heavy (non-hydrogen) atoms. The highest BCUT2D eigenvalue weighted by atomic mass is 16.5. The lowest BCUT2D eigenvalue weighted by Gasteiger charge is -2.47. The van der Waals surface area contributed by atoms with Gasteiger partial charge in [0.1, 0.15) is 5.75 Å². The van der Waals surface area contributed by atoms with E-state index in [0.717, 1.165) is 50.1 Å². The number of methoxy groups -OCH3 is 1. The molecule has 4 heteroatoms. The topological polar surface area (TPSA) is 38.8 Å². The normalized spacial score (nSPS) is 23.7. The Morgan fingerprint density at radius 2 is 1.83 bits per heavy atom. The standard InChI is InChI=1S/C26H35NO3/c1-5-25(3)20-26(16-18-30-25,23-11-13-24(29-4)14-12-23)15-17-27(21(2)28)19-22-9-7-6-8-10-22/h6-14H,5,15-20H2,1-4H3/t25-,26-/m1/s1. The molecule has 0 N–H and O–H groups in total. The lowest BCUT2D eigenvalue weighted by molar-refractivity contribution is -0.130. The van der Waals surface area contributed by atoms with Crippen LogP contribution >= 0.6 is 0 Å². The molecule has 1 amide bonds. The SMILES string of the molecule is CC[C@]1(C)C[C@](CCN(Cc2ccccc2)C(C)=O)(c2ccc(OC)cc2)CCO1. The maximum absolute atomic E-state index is 12.4. The summed E-state index contributed by atoms with van der Waals surface area (Å²) in [5.74, 6) is 0.989. The average molecular weight is 410 g/mol. The molecule has 1 heterocycles. The summed E-state index contributed by atoms with van der Waals surface area (Å²) in [6.45, 7) is 8.21. The number of carbonyl (C=O) groups is 1. The van der Waals surface area contributed by atoms with E-state index >= 15 is 0 Å². The zero-order valence-corrected chi connectivity index (χ0v) is 18.8. The number of ether oxygens (including phenoxy) is 2. The summed E-state index contributed by atoms with van der Waals surface area (Å²) in [4.78, 5) is 14.4. The van der Waals surface area contributed by atoms with Gasteiger partial charge in [-0.05, 0) is 55.9 Å². The molecular formula is C26H35NO3. The van der Waals surface area contributed by atoms with Gasteiger partial charge in [0.05, 0.1) is 12.7 Å². The minimum Gasteiger partial charge on any atom is -0.497 e. The predicted octanol–water partition coefficient (Wildman–Crippen LogP) is 5.35. The van der Waals surface area contributed by atoms with E-state index in [1.54, 1.807) is 14.0 Å². The van der Waals surface area contributed by atoms with Crippen molar-refractivity contribution in [3.05, 3.63) is 65.7 Å². The zero-order chi connectivity index (χ0) is 21.6. The third-order valence-corrected chi connectivity index (χ3v) is 6.72. The molecule has 0 aliphatic carbocycles. The summed E-state index contributed by atoms with van der Waals surface area (Å²) < 4.78 is 11.6. The van der Waals surface area contributed by atoms with Crippen LogP contribution < -0.4 is 4.74 Å². The Morgan fingerprint density at radius 1 is 1.13 bits per heavy atom. The summed E-state index contributed by atoms with van der Waals surface area (Å²) in [6.07, 6.45) is 3.82. The summed E-state index contributed by atoms with van der Waals surface area (Å²) in [7, 11) is 1.70. The van der Waals surface area contributed by atoms with Crippen LogP contribution in [-0.4, -0.2) is 36.7 Å². The Hall–Kier alpha value is -2.33. The van der Waals surface area contributed by atoms with Crippen LogP contribution in [0.3, 0.4) is 0 Å². The first-order valence-corrected chi connectivity index (χ1v) is 11.0. The number of benzene rings is 2. The van der Waals surface area contributed by atoms with Gasteiger partial charge in [-0.3, -0.25) is 4.79 Å². The van der Waals surface area contributed by atoms with Gasteiger partial charge in [-0.1, -0.05) is 49.4 Å². The fourth-order valence-corrected chi connectivity index (χ4v) is 4.62. The lowest BCUT2D eigenvalue weighted by Crippen LogP contribution is -2.47. The molecule has 0 spiro atoms. The van der Waals surface area contributed by atoms with E-state index in [1.165, 1.54) is 5.56 Å². The van der Waals surface area contributed by atoms with Crippen LogP contribution in [0.1, 0.15) is 57.6 Å². The highest BCUT2D eigenvalue weighted by molar-refractivity contribution is 5.73. The van der Waals surface area contributed by atoms with Crippen molar-refractivity contribution < 1.29 is 14.3 Å². The van der Waals surface area contributed by atoms with E-state index < -0.39 is 0 Å². The number of hydrogen-bond acceptors (Lipinski definition) is 3. The number of rotatable bonds is 8. The Balaban J connectivity index is 1.85. The lowest BCUT2D eigenvalue weighted by atomic mass is 9.66. The zero-order valence-electron chi connectivity index (χ0n) is 18.8. The van der Waals surface area contributed by atoms with Crippen molar-refractivity contribution in [2.45, 2.75) is 64.0 Å². The molecule has 2 aromatic carbocycles. The van der Waals surface area contributed by atoms with E-state index in [-0.39, 0.29) is 16.9 Å². The molecular weight excluding hydrogens is 374 g/mol. The summed E-state index contributed by atoms with van der Waals surface area (Å²) >= 11 is 0. The second kappa shape index (κ2) is 9.65. The monoisotopic (exact) mass is 409 g/mol. The van der Waals surface area contributed by atoms with E-state index in [1.807, 2.05) is 35.2 Å². The summed E-state index contributed by atoms with van der Waals surface area (Å²) in [5.41, 5.74) is 2.32. The number of hydrogen-bond donors (Lipinski definition) is 0. The maximum atomic E-state index is 12.4. The van der Waals surface area contributed by atoms with Crippen molar-refractivity contribution in [1.29, 1.82) is 0 Å². The molecule has 0 saturated carbocycles. The molecule has 162 valence electrons. The van der Waals surface area contributed by atoms with Crippen LogP contribution in [0.4, 0.5) is 0 Å². The molecule has 2 atom stereocenters. The molecule has 1 fully saturated rings. The fourth-order valence-electron chi connectivity index (χ4n) is 4.62. The van der Waals surface area contributed by atoms with Gasteiger partial charge >= 0.3 is 0 Å². The van der Waals surface area contributed by atoms with Crippen LogP contribution in [0, 0.1) is 0 Å². The molecule has 1 aliphatic heterocycles. The quantitative estimate of drug-likeness (QED) is 0.590. The first kappa shape index (κ1) is 22.4. The van der Waals surface area contributed by atoms with Crippen molar-refractivity contribution in [1.82, 2.24) is 4.90 Å².